The molecule has 6 heteroatoms. The molecule has 1 aromatic carbocycles. The number of anilines is 1. The summed E-state index contributed by atoms with van der Waals surface area (Å²) in [5.74, 6) is -0.276. The van der Waals surface area contributed by atoms with E-state index >= 15 is 0 Å². The van der Waals surface area contributed by atoms with Gasteiger partial charge in [-0.25, -0.2) is 4.68 Å². The van der Waals surface area contributed by atoms with Gasteiger partial charge in [0.2, 0.25) is 5.91 Å². The van der Waals surface area contributed by atoms with Crippen molar-refractivity contribution in [3.63, 3.8) is 0 Å². The summed E-state index contributed by atoms with van der Waals surface area (Å²) in [6.45, 7) is 3.82. The lowest BCUT2D eigenvalue weighted by Crippen LogP contribution is -2.29. The average Bonchev–Trinajstić information content (AvgIpc) is 3.08. The number of nitrogens with zero attached hydrogens (tertiary/aromatic N) is 2. The summed E-state index contributed by atoms with van der Waals surface area (Å²) in [4.78, 5) is 25.2. The monoisotopic (exact) mass is 339 g/mol. The fourth-order valence-corrected chi connectivity index (χ4v) is 3.02. The van der Waals surface area contributed by atoms with Crippen LogP contribution in [-0.4, -0.2) is 15.7 Å². The molecular formula is C18H17N3O2S. The SMILES string of the molecule is Cc1cccc(NC(=O)Cn2nc(-c3cccs3)ccc2=O)c1C. The molecule has 0 aliphatic carbocycles. The highest BCUT2D eigenvalue weighted by Gasteiger charge is 2.10. The third kappa shape index (κ3) is 3.44. The Morgan fingerprint density at radius 3 is 2.75 bits per heavy atom. The molecule has 2 heterocycles. The van der Waals surface area contributed by atoms with E-state index in [1.54, 1.807) is 6.07 Å². The van der Waals surface area contributed by atoms with Crippen molar-refractivity contribution in [3.8, 4) is 10.6 Å². The van der Waals surface area contributed by atoms with E-state index < -0.39 is 0 Å². The Kier molecular flexibility index (Phi) is 4.57. The van der Waals surface area contributed by atoms with Crippen molar-refractivity contribution in [2.45, 2.75) is 20.4 Å². The number of hydrogen-bond acceptors (Lipinski definition) is 4. The highest BCUT2D eigenvalue weighted by molar-refractivity contribution is 7.13. The molecule has 24 heavy (non-hydrogen) atoms. The van der Waals surface area contributed by atoms with Crippen LogP contribution in [0.4, 0.5) is 5.69 Å². The van der Waals surface area contributed by atoms with E-state index in [4.69, 9.17) is 0 Å². The quantitative estimate of drug-likeness (QED) is 0.794. The number of carbonyl (C=O) groups excluding carboxylic acids is 1. The fraction of sp³-hybridized carbons (Fsp3) is 0.167. The van der Waals surface area contributed by atoms with Crippen LogP contribution in [0.5, 0.6) is 0 Å². The third-order valence-electron chi connectivity index (χ3n) is 3.81. The molecule has 0 saturated heterocycles. The largest absolute Gasteiger partial charge is 0.324 e. The smallest absolute Gasteiger partial charge is 0.267 e. The predicted octanol–water partition coefficient (Wildman–Crippen LogP) is 3.23. The second-order valence-corrected chi connectivity index (χ2v) is 6.44. The second-order valence-electron chi connectivity index (χ2n) is 5.49. The number of hydrogen-bond donors (Lipinski definition) is 1. The van der Waals surface area contributed by atoms with Crippen LogP contribution in [-0.2, 0) is 11.3 Å². The average molecular weight is 339 g/mol. The molecule has 0 aliphatic heterocycles. The summed E-state index contributed by atoms with van der Waals surface area (Å²) in [7, 11) is 0. The number of aryl methyl sites for hydroxylation is 1. The number of carbonyl (C=O) groups is 1. The van der Waals surface area contributed by atoms with E-state index in [2.05, 4.69) is 10.4 Å². The first kappa shape index (κ1) is 16.1. The first-order valence-corrected chi connectivity index (χ1v) is 8.40. The summed E-state index contributed by atoms with van der Waals surface area (Å²) in [6, 6.07) is 12.7. The molecule has 0 atom stereocenters. The molecule has 3 aromatic rings. The molecule has 0 saturated carbocycles. The Morgan fingerprint density at radius 2 is 2.00 bits per heavy atom. The van der Waals surface area contributed by atoms with Crippen LogP contribution in [0, 0.1) is 13.8 Å². The maximum atomic E-state index is 12.3. The fourth-order valence-electron chi connectivity index (χ4n) is 2.33. The van der Waals surface area contributed by atoms with Gasteiger partial charge in [-0.15, -0.1) is 11.3 Å². The number of benzene rings is 1. The molecule has 5 nitrogen and oxygen atoms in total. The molecular weight excluding hydrogens is 322 g/mol. The van der Waals surface area contributed by atoms with Gasteiger partial charge in [-0.3, -0.25) is 9.59 Å². The highest BCUT2D eigenvalue weighted by Crippen LogP contribution is 2.21. The molecule has 1 amide bonds. The van der Waals surface area contributed by atoms with Crippen molar-refractivity contribution in [3.05, 3.63) is 69.3 Å². The van der Waals surface area contributed by atoms with Crippen molar-refractivity contribution < 1.29 is 4.79 Å². The first-order valence-electron chi connectivity index (χ1n) is 7.53. The normalized spacial score (nSPS) is 10.6. The minimum absolute atomic E-state index is 0.120. The van der Waals surface area contributed by atoms with Crippen LogP contribution in [0.25, 0.3) is 10.6 Å². The second kappa shape index (κ2) is 6.80. The summed E-state index contributed by atoms with van der Waals surface area (Å²) < 4.78 is 1.19. The third-order valence-corrected chi connectivity index (χ3v) is 4.70. The molecule has 0 aliphatic rings. The Hall–Kier alpha value is -2.73. The van der Waals surface area contributed by atoms with Crippen molar-refractivity contribution >= 4 is 22.9 Å². The van der Waals surface area contributed by atoms with Crippen molar-refractivity contribution in [2.24, 2.45) is 0 Å². The summed E-state index contributed by atoms with van der Waals surface area (Å²) in [6.07, 6.45) is 0. The summed E-state index contributed by atoms with van der Waals surface area (Å²) in [5.41, 5.74) is 3.25. The van der Waals surface area contributed by atoms with E-state index in [0.717, 1.165) is 21.7 Å². The zero-order valence-corrected chi connectivity index (χ0v) is 14.3. The molecule has 0 unspecified atom stereocenters. The van der Waals surface area contributed by atoms with E-state index in [0.29, 0.717) is 5.69 Å². The number of rotatable bonds is 4. The van der Waals surface area contributed by atoms with Gasteiger partial charge in [0, 0.05) is 11.8 Å². The minimum Gasteiger partial charge on any atom is -0.324 e. The molecule has 2 aromatic heterocycles. The van der Waals surface area contributed by atoms with Gasteiger partial charge in [0.1, 0.15) is 12.2 Å². The molecule has 0 spiro atoms. The molecule has 1 N–H and O–H groups in total. The Labute approximate surface area is 143 Å². The first-order chi connectivity index (χ1) is 11.5. The van der Waals surface area contributed by atoms with Crippen LogP contribution in [0.3, 0.4) is 0 Å². The Morgan fingerprint density at radius 1 is 1.17 bits per heavy atom. The zero-order valence-electron chi connectivity index (χ0n) is 13.4. The maximum absolute atomic E-state index is 12.3. The molecule has 0 bridgehead atoms. The van der Waals surface area contributed by atoms with Gasteiger partial charge in [0.05, 0.1) is 4.88 Å². The number of amides is 1. The van der Waals surface area contributed by atoms with Gasteiger partial charge in [-0.1, -0.05) is 18.2 Å². The Balaban J connectivity index is 1.80. The lowest BCUT2D eigenvalue weighted by Gasteiger charge is -2.11. The van der Waals surface area contributed by atoms with Crippen molar-refractivity contribution in [1.29, 1.82) is 0 Å². The van der Waals surface area contributed by atoms with Crippen LogP contribution in [0.2, 0.25) is 0 Å². The van der Waals surface area contributed by atoms with Gasteiger partial charge >= 0.3 is 0 Å². The van der Waals surface area contributed by atoms with Crippen molar-refractivity contribution in [1.82, 2.24) is 9.78 Å². The van der Waals surface area contributed by atoms with E-state index in [1.807, 2.05) is 49.6 Å². The van der Waals surface area contributed by atoms with Crippen LogP contribution >= 0.6 is 11.3 Å². The van der Waals surface area contributed by atoms with E-state index in [9.17, 15) is 9.59 Å². The van der Waals surface area contributed by atoms with Gasteiger partial charge < -0.3 is 5.32 Å². The molecule has 3 rings (SSSR count). The van der Waals surface area contributed by atoms with Crippen LogP contribution < -0.4 is 10.9 Å². The predicted molar refractivity (Wildman–Crippen MR) is 96.4 cm³/mol. The Bertz CT molecular complexity index is 930. The van der Waals surface area contributed by atoms with E-state index in [1.165, 1.54) is 22.1 Å². The van der Waals surface area contributed by atoms with Crippen LogP contribution in [0.15, 0.2) is 52.6 Å². The topological polar surface area (TPSA) is 64.0 Å². The molecule has 122 valence electrons. The lowest BCUT2D eigenvalue weighted by atomic mass is 10.1. The van der Waals surface area contributed by atoms with Crippen molar-refractivity contribution in [2.75, 3.05) is 5.32 Å². The van der Waals surface area contributed by atoms with E-state index in [-0.39, 0.29) is 18.0 Å². The summed E-state index contributed by atoms with van der Waals surface area (Å²) in [5, 5.41) is 9.08. The number of thiophene rings is 1. The molecule has 0 radical (unpaired) electrons. The van der Waals surface area contributed by atoms with Gasteiger partial charge in [0.25, 0.3) is 5.56 Å². The molecule has 0 fully saturated rings. The standard InChI is InChI=1S/C18H17N3O2S/c1-12-5-3-6-14(13(12)2)19-17(22)11-21-18(23)9-8-15(20-21)16-7-4-10-24-16/h3-10H,11H2,1-2H3,(H,19,22). The number of aromatic nitrogens is 2. The lowest BCUT2D eigenvalue weighted by molar-refractivity contribution is -0.117. The van der Waals surface area contributed by atoms with Gasteiger partial charge in [-0.2, -0.15) is 5.10 Å². The van der Waals surface area contributed by atoms with Gasteiger partial charge in [-0.05, 0) is 48.6 Å². The minimum atomic E-state index is -0.300. The zero-order chi connectivity index (χ0) is 17.1. The number of nitrogens with one attached hydrogen (secondary N) is 1. The highest BCUT2D eigenvalue weighted by atomic mass is 32.1. The maximum Gasteiger partial charge on any atom is 0.267 e. The van der Waals surface area contributed by atoms with Gasteiger partial charge in [0.15, 0.2) is 0 Å². The summed E-state index contributed by atoms with van der Waals surface area (Å²) >= 11 is 1.54. The van der Waals surface area contributed by atoms with Crippen LogP contribution in [0.1, 0.15) is 11.1 Å².